The Morgan fingerprint density at radius 1 is 0.973 bits per heavy atom. The highest BCUT2D eigenvalue weighted by molar-refractivity contribution is 6.10. The molecule has 0 spiro atoms. The molecule has 182 valence electrons. The van der Waals surface area contributed by atoms with Crippen LogP contribution < -0.4 is 14.8 Å². The molecule has 0 aliphatic heterocycles. The number of nitriles is 1. The lowest BCUT2D eigenvalue weighted by atomic mass is 10.0. The molecule has 4 aromatic rings. The fraction of sp³-hybridized carbons (Fsp3) is 0.0357. The summed E-state index contributed by atoms with van der Waals surface area (Å²) < 4.78 is 10.8. The zero-order valence-electron chi connectivity index (χ0n) is 19.5. The van der Waals surface area contributed by atoms with Gasteiger partial charge >= 0.3 is 5.97 Å². The van der Waals surface area contributed by atoms with Gasteiger partial charge in [-0.05, 0) is 35.0 Å². The first-order valence-electron chi connectivity index (χ1n) is 11.0. The van der Waals surface area contributed by atoms with E-state index in [1.807, 2.05) is 36.4 Å². The van der Waals surface area contributed by atoms with Crippen LogP contribution in [0.1, 0.15) is 15.9 Å². The molecule has 0 aliphatic carbocycles. The summed E-state index contributed by atoms with van der Waals surface area (Å²) >= 11 is 0. The molecule has 37 heavy (non-hydrogen) atoms. The first kappa shape index (κ1) is 24.6. The maximum absolute atomic E-state index is 13.0. The van der Waals surface area contributed by atoms with Crippen molar-refractivity contribution in [1.82, 2.24) is 0 Å². The number of esters is 1. The van der Waals surface area contributed by atoms with E-state index in [1.54, 1.807) is 36.4 Å². The van der Waals surface area contributed by atoms with Gasteiger partial charge in [0.25, 0.3) is 11.6 Å². The predicted octanol–water partition coefficient (Wildman–Crippen LogP) is 5.52. The molecule has 0 saturated carbocycles. The van der Waals surface area contributed by atoms with Gasteiger partial charge < -0.3 is 14.8 Å². The van der Waals surface area contributed by atoms with Gasteiger partial charge in [0.15, 0.2) is 0 Å². The summed E-state index contributed by atoms with van der Waals surface area (Å²) in [6, 6.07) is 24.7. The summed E-state index contributed by atoms with van der Waals surface area (Å²) in [5.74, 6) is -1.14. The maximum atomic E-state index is 13.0. The van der Waals surface area contributed by atoms with E-state index < -0.39 is 16.8 Å². The van der Waals surface area contributed by atoms with Crippen LogP contribution in [0.3, 0.4) is 0 Å². The SMILES string of the molecule is COc1cc([N+](=O)[O-])ccc1NC(=O)C(C#N)=Cc1ccccc1OC(=O)c1cccc2ccccc12. The van der Waals surface area contributed by atoms with Gasteiger partial charge in [-0.2, -0.15) is 5.26 Å². The second kappa shape index (κ2) is 10.8. The minimum absolute atomic E-state index is 0.0595. The number of carbonyl (C=O) groups excluding carboxylic acids is 2. The molecule has 4 aromatic carbocycles. The summed E-state index contributed by atoms with van der Waals surface area (Å²) in [7, 11) is 1.30. The van der Waals surface area contributed by atoms with Gasteiger partial charge in [0.1, 0.15) is 23.1 Å². The van der Waals surface area contributed by atoms with Crippen LogP contribution in [0.4, 0.5) is 11.4 Å². The number of nitro groups is 1. The third-order valence-corrected chi connectivity index (χ3v) is 5.44. The van der Waals surface area contributed by atoms with Gasteiger partial charge in [0, 0.05) is 11.6 Å². The Kier molecular flexibility index (Phi) is 7.21. The molecule has 0 unspecified atom stereocenters. The minimum atomic E-state index is -0.773. The van der Waals surface area contributed by atoms with Crippen molar-refractivity contribution in [3.63, 3.8) is 0 Å². The Balaban J connectivity index is 1.60. The van der Waals surface area contributed by atoms with Crippen LogP contribution in [0.2, 0.25) is 0 Å². The zero-order valence-corrected chi connectivity index (χ0v) is 19.5. The monoisotopic (exact) mass is 493 g/mol. The number of hydrogen-bond acceptors (Lipinski definition) is 7. The quantitative estimate of drug-likeness (QED) is 0.0895. The van der Waals surface area contributed by atoms with Gasteiger partial charge in [-0.3, -0.25) is 14.9 Å². The largest absolute Gasteiger partial charge is 0.494 e. The predicted molar refractivity (Wildman–Crippen MR) is 137 cm³/mol. The van der Waals surface area contributed by atoms with Crippen molar-refractivity contribution in [2.75, 3.05) is 12.4 Å². The number of rotatable bonds is 7. The second-order valence-corrected chi connectivity index (χ2v) is 7.72. The van der Waals surface area contributed by atoms with E-state index in [-0.39, 0.29) is 28.4 Å². The van der Waals surface area contributed by atoms with E-state index in [1.165, 1.54) is 25.3 Å². The molecular formula is C28H19N3O6. The topological polar surface area (TPSA) is 132 Å². The number of benzene rings is 4. The molecule has 0 atom stereocenters. The van der Waals surface area contributed by atoms with Crippen LogP contribution in [-0.2, 0) is 4.79 Å². The van der Waals surface area contributed by atoms with Crippen LogP contribution in [0.5, 0.6) is 11.5 Å². The number of fused-ring (bicyclic) bond motifs is 1. The van der Waals surface area contributed by atoms with Crippen molar-refractivity contribution >= 4 is 40.1 Å². The maximum Gasteiger partial charge on any atom is 0.344 e. The van der Waals surface area contributed by atoms with Crippen molar-refractivity contribution in [1.29, 1.82) is 5.26 Å². The Labute approximate surface area is 211 Å². The summed E-state index contributed by atoms with van der Waals surface area (Å²) in [6.45, 7) is 0. The van der Waals surface area contributed by atoms with Gasteiger partial charge in [0.05, 0.1) is 29.4 Å². The summed E-state index contributed by atoms with van der Waals surface area (Å²) in [5.41, 5.74) is 0.357. The summed E-state index contributed by atoms with van der Waals surface area (Å²) in [6.07, 6.45) is 1.29. The van der Waals surface area contributed by atoms with E-state index >= 15 is 0 Å². The summed E-state index contributed by atoms with van der Waals surface area (Å²) in [5, 5.41) is 24.8. The second-order valence-electron chi connectivity index (χ2n) is 7.72. The molecule has 0 radical (unpaired) electrons. The molecule has 4 rings (SSSR count). The van der Waals surface area contributed by atoms with Crippen molar-refractivity contribution in [2.45, 2.75) is 0 Å². The molecule has 0 saturated heterocycles. The number of ether oxygens (including phenoxy) is 2. The summed E-state index contributed by atoms with van der Waals surface area (Å²) in [4.78, 5) is 36.3. The first-order chi connectivity index (χ1) is 17.9. The smallest absolute Gasteiger partial charge is 0.344 e. The van der Waals surface area contributed by atoms with Gasteiger partial charge in [0.2, 0.25) is 0 Å². The molecular weight excluding hydrogens is 474 g/mol. The number of anilines is 1. The van der Waals surface area contributed by atoms with Gasteiger partial charge in [-0.25, -0.2) is 4.79 Å². The highest BCUT2D eigenvalue weighted by Gasteiger charge is 2.18. The van der Waals surface area contributed by atoms with Crippen LogP contribution >= 0.6 is 0 Å². The Hall–Kier alpha value is -5.49. The van der Waals surface area contributed by atoms with Crippen molar-refractivity contribution < 1.29 is 24.0 Å². The number of nitrogens with one attached hydrogen (secondary N) is 1. The molecule has 0 heterocycles. The van der Waals surface area contributed by atoms with Gasteiger partial charge in [-0.1, -0.05) is 54.6 Å². The van der Waals surface area contributed by atoms with E-state index in [9.17, 15) is 25.0 Å². The third-order valence-electron chi connectivity index (χ3n) is 5.44. The molecule has 1 N–H and O–H groups in total. The average molecular weight is 493 g/mol. The number of methoxy groups -OCH3 is 1. The Morgan fingerprint density at radius 3 is 2.46 bits per heavy atom. The van der Waals surface area contributed by atoms with Crippen LogP contribution in [0, 0.1) is 21.4 Å². The highest BCUT2D eigenvalue weighted by atomic mass is 16.6. The highest BCUT2D eigenvalue weighted by Crippen LogP contribution is 2.30. The molecule has 0 bridgehead atoms. The van der Waals surface area contributed by atoms with E-state index in [4.69, 9.17) is 9.47 Å². The number of carbonyl (C=O) groups is 2. The van der Waals surface area contributed by atoms with E-state index in [0.29, 0.717) is 11.1 Å². The van der Waals surface area contributed by atoms with E-state index in [0.717, 1.165) is 16.8 Å². The minimum Gasteiger partial charge on any atom is -0.494 e. The van der Waals surface area contributed by atoms with Crippen molar-refractivity contribution in [3.8, 4) is 17.6 Å². The molecule has 0 aromatic heterocycles. The van der Waals surface area contributed by atoms with Crippen LogP contribution in [0.25, 0.3) is 16.8 Å². The lowest BCUT2D eigenvalue weighted by Gasteiger charge is -2.11. The molecule has 9 nitrogen and oxygen atoms in total. The fourth-order valence-electron chi connectivity index (χ4n) is 3.64. The number of nitrogens with zero attached hydrogens (tertiary/aromatic N) is 2. The number of hydrogen-bond donors (Lipinski definition) is 1. The van der Waals surface area contributed by atoms with Crippen molar-refractivity contribution in [3.05, 3.63) is 112 Å². The molecule has 9 heteroatoms. The first-order valence-corrected chi connectivity index (χ1v) is 11.0. The molecule has 1 amide bonds. The number of non-ortho nitro benzene ring substituents is 1. The Morgan fingerprint density at radius 2 is 1.70 bits per heavy atom. The number of nitro benzene ring substituents is 1. The molecule has 0 aliphatic rings. The number of amides is 1. The normalized spacial score (nSPS) is 10.9. The standard InChI is InChI=1S/C28H19N3O6/c1-36-26-16-21(31(34)35)13-14-24(26)30-27(32)20(17-29)15-19-8-3-5-12-25(19)37-28(33)23-11-6-9-18-7-2-4-10-22(18)23/h2-16H,1H3,(H,30,32). The third kappa shape index (κ3) is 5.44. The molecule has 0 fully saturated rings. The lowest BCUT2D eigenvalue weighted by molar-refractivity contribution is -0.384. The Bertz CT molecular complexity index is 1600. The van der Waals surface area contributed by atoms with Crippen LogP contribution in [-0.4, -0.2) is 23.9 Å². The average Bonchev–Trinajstić information content (AvgIpc) is 2.92. The fourth-order valence-corrected chi connectivity index (χ4v) is 3.64. The van der Waals surface area contributed by atoms with Crippen LogP contribution in [0.15, 0.2) is 90.5 Å². The van der Waals surface area contributed by atoms with Crippen molar-refractivity contribution in [2.24, 2.45) is 0 Å². The number of para-hydroxylation sites is 1. The van der Waals surface area contributed by atoms with E-state index in [2.05, 4.69) is 5.32 Å². The zero-order chi connectivity index (χ0) is 26.4. The lowest BCUT2D eigenvalue weighted by Crippen LogP contribution is -2.14. The van der Waals surface area contributed by atoms with Gasteiger partial charge in [-0.15, -0.1) is 0 Å².